The van der Waals surface area contributed by atoms with Crippen molar-refractivity contribution in [1.29, 1.82) is 0 Å². The van der Waals surface area contributed by atoms with Crippen LogP contribution in [0.25, 0.3) is 0 Å². The highest BCUT2D eigenvalue weighted by Gasteiger charge is 2.28. The number of anilines is 1. The third-order valence-electron chi connectivity index (χ3n) is 2.52. The third-order valence-corrected chi connectivity index (χ3v) is 2.95. The Morgan fingerprint density at radius 2 is 2.44 bits per heavy atom. The van der Waals surface area contributed by atoms with Crippen LogP contribution in [-0.2, 0) is 9.53 Å². The van der Waals surface area contributed by atoms with Crippen LogP contribution in [0.2, 0.25) is 0 Å². The number of ether oxygens (including phenoxy) is 1. The molecule has 1 N–H and O–H groups in total. The number of amides is 1. The van der Waals surface area contributed by atoms with Gasteiger partial charge in [-0.3, -0.25) is 4.79 Å². The van der Waals surface area contributed by atoms with Crippen LogP contribution in [0.1, 0.15) is 19.8 Å². The molecule has 0 aromatic carbocycles. The van der Waals surface area contributed by atoms with Crippen LogP contribution in [0, 0.1) is 0 Å². The molecule has 2 atom stereocenters. The average molecular weight is 285 g/mol. The van der Waals surface area contributed by atoms with E-state index >= 15 is 0 Å². The standard InChI is InChI=1S/C11H13BrN2O2/c1-7-2-3-9(16-7)11(15)14-8-4-5-13-10(12)6-8/h4-7,9H,2-3H2,1H3,(H,13,14,15). The van der Waals surface area contributed by atoms with Gasteiger partial charge in [0, 0.05) is 11.9 Å². The number of aromatic nitrogens is 1. The zero-order valence-corrected chi connectivity index (χ0v) is 10.5. The van der Waals surface area contributed by atoms with Crippen LogP contribution in [-0.4, -0.2) is 23.1 Å². The van der Waals surface area contributed by atoms with Gasteiger partial charge in [0.05, 0.1) is 6.10 Å². The molecule has 1 aromatic rings. The van der Waals surface area contributed by atoms with Crippen molar-refractivity contribution in [3.05, 3.63) is 22.9 Å². The second-order valence-corrected chi connectivity index (χ2v) is 4.68. The first-order valence-corrected chi connectivity index (χ1v) is 6.02. The Balaban J connectivity index is 1.97. The molecular formula is C11H13BrN2O2. The van der Waals surface area contributed by atoms with Gasteiger partial charge in [0.15, 0.2) is 0 Å². The average Bonchev–Trinajstić information content (AvgIpc) is 2.65. The van der Waals surface area contributed by atoms with E-state index in [2.05, 4.69) is 26.2 Å². The topological polar surface area (TPSA) is 51.2 Å². The first-order chi connectivity index (χ1) is 7.65. The maximum atomic E-state index is 11.8. The van der Waals surface area contributed by atoms with E-state index in [0.717, 1.165) is 18.5 Å². The van der Waals surface area contributed by atoms with E-state index < -0.39 is 0 Å². The van der Waals surface area contributed by atoms with E-state index in [1.165, 1.54) is 0 Å². The van der Waals surface area contributed by atoms with Crippen molar-refractivity contribution in [2.75, 3.05) is 5.32 Å². The van der Waals surface area contributed by atoms with Crippen LogP contribution in [0.15, 0.2) is 22.9 Å². The SMILES string of the molecule is CC1CCC(C(=O)Nc2ccnc(Br)c2)O1. The minimum absolute atomic E-state index is 0.0811. The minimum Gasteiger partial charge on any atom is -0.365 e. The zero-order chi connectivity index (χ0) is 11.5. The fourth-order valence-electron chi connectivity index (χ4n) is 1.70. The van der Waals surface area contributed by atoms with Crippen molar-refractivity contribution >= 4 is 27.5 Å². The van der Waals surface area contributed by atoms with Gasteiger partial charge < -0.3 is 10.1 Å². The number of carbonyl (C=O) groups excluding carboxylic acids is 1. The molecule has 2 rings (SSSR count). The van der Waals surface area contributed by atoms with Crippen molar-refractivity contribution in [2.45, 2.75) is 32.0 Å². The highest BCUT2D eigenvalue weighted by atomic mass is 79.9. The molecule has 2 unspecified atom stereocenters. The van der Waals surface area contributed by atoms with Gasteiger partial charge in [0.25, 0.3) is 5.91 Å². The zero-order valence-electron chi connectivity index (χ0n) is 8.94. The molecule has 1 fully saturated rings. The smallest absolute Gasteiger partial charge is 0.253 e. The molecule has 1 saturated heterocycles. The molecule has 2 heterocycles. The first-order valence-electron chi connectivity index (χ1n) is 5.23. The Labute approximate surface area is 103 Å². The predicted octanol–water partition coefficient (Wildman–Crippen LogP) is 2.35. The van der Waals surface area contributed by atoms with Crippen molar-refractivity contribution < 1.29 is 9.53 Å². The van der Waals surface area contributed by atoms with Crippen molar-refractivity contribution in [3.63, 3.8) is 0 Å². The second-order valence-electron chi connectivity index (χ2n) is 3.87. The van der Waals surface area contributed by atoms with Crippen LogP contribution in [0.3, 0.4) is 0 Å². The Kier molecular flexibility index (Phi) is 3.56. The van der Waals surface area contributed by atoms with Gasteiger partial charge in [-0.2, -0.15) is 0 Å². The van der Waals surface area contributed by atoms with Gasteiger partial charge in [0.2, 0.25) is 0 Å². The van der Waals surface area contributed by atoms with Gasteiger partial charge in [-0.15, -0.1) is 0 Å². The number of hydrogen-bond donors (Lipinski definition) is 1. The quantitative estimate of drug-likeness (QED) is 0.849. The lowest BCUT2D eigenvalue weighted by Crippen LogP contribution is -2.27. The van der Waals surface area contributed by atoms with Gasteiger partial charge in [0.1, 0.15) is 10.7 Å². The monoisotopic (exact) mass is 284 g/mol. The van der Waals surface area contributed by atoms with Crippen LogP contribution >= 0.6 is 15.9 Å². The molecular weight excluding hydrogens is 272 g/mol. The summed E-state index contributed by atoms with van der Waals surface area (Å²) < 4.78 is 6.19. The van der Waals surface area contributed by atoms with Gasteiger partial charge in [-0.1, -0.05) is 0 Å². The summed E-state index contributed by atoms with van der Waals surface area (Å²) in [4.78, 5) is 15.8. The molecule has 5 heteroatoms. The molecule has 4 nitrogen and oxygen atoms in total. The summed E-state index contributed by atoms with van der Waals surface area (Å²) in [6, 6.07) is 3.51. The number of pyridine rings is 1. The number of hydrogen-bond acceptors (Lipinski definition) is 3. The number of carbonyl (C=O) groups is 1. The lowest BCUT2D eigenvalue weighted by atomic mass is 10.2. The molecule has 0 bridgehead atoms. The normalized spacial score (nSPS) is 24.4. The fraction of sp³-hybridized carbons (Fsp3) is 0.455. The molecule has 1 aromatic heterocycles. The summed E-state index contributed by atoms with van der Waals surface area (Å²) in [5, 5.41) is 2.81. The molecule has 0 aliphatic carbocycles. The third kappa shape index (κ3) is 2.80. The van der Waals surface area contributed by atoms with E-state index in [0.29, 0.717) is 4.60 Å². The molecule has 16 heavy (non-hydrogen) atoms. The lowest BCUT2D eigenvalue weighted by molar-refractivity contribution is -0.126. The van der Waals surface area contributed by atoms with E-state index in [9.17, 15) is 4.79 Å². The highest BCUT2D eigenvalue weighted by Crippen LogP contribution is 2.21. The van der Waals surface area contributed by atoms with Gasteiger partial charge >= 0.3 is 0 Å². The molecule has 0 saturated carbocycles. The molecule has 1 amide bonds. The highest BCUT2D eigenvalue weighted by molar-refractivity contribution is 9.10. The molecule has 86 valence electrons. The maximum Gasteiger partial charge on any atom is 0.253 e. The second kappa shape index (κ2) is 4.93. The summed E-state index contributed by atoms with van der Waals surface area (Å²) in [6.07, 6.45) is 3.23. The van der Waals surface area contributed by atoms with E-state index in [1.807, 2.05) is 6.92 Å². The summed E-state index contributed by atoms with van der Waals surface area (Å²) in [7, 11) is 0. The largest absolute Gasteiger partial charge is 0.365 e. The van der Waals surface area contributed by atoms with E-state index in [-0.39, 0.29) is 18.1 Å². The fourth-order valence-corrected chi connectivity index (χ4v) is 2.06. The van der Waals surface area contributed by atoms with Crippen molar-refractivity contribution in [2.24, 2.45) is 0 Å². The minimum atomic E-state index is -0.318. The summed E-state index contributed by atoms with van der Waals surface area (Å²) in [5.74, 6) is -0.0811. The summed E-state index contributed by atoms with van der Waals surface area (Å²) in [6.45, 7) is 1.98. The maximum absolute atomic E-state index is 11.8. The molecule has 0 spiro atoms. The van der Waals surface area contributed by atoms with Gasteiger partial charge in [-0.25, -0.2) is 4.98 Å². The number of rotatable bonds is 2. The summed E-state index contributed by atoms with van der Waals surface area (Å²) >= 11 is 3.25. The van der Waals surface area contributed by atoms with Crippen LogP contribution in [0.5, 0.6) is 0 Å². The number of nitrogens with one attached hydrogen (secondary N) is 1. The number of nitrogens with zero attached hydrogens (tertiary/aromatic N) is 1. The molecule has 0 radical (unpaired) electrons. The Bertz CT molecular complexity index is 397. The molecule has 1 aliphatic rings. The molecule has 1 aliphatic heterocycles. The lowest BCUT2D eigenvalue weighted by Gasteiger charge is -2.11. The predicted molar refractivity (Wildman–Crippen MR) is 64.1 cm³/mol. The van der Waals surface area contributed by atoms with Crippen LogP contribution < -0.4 is 5.32 Å². The van der Waals surface area contributed by atoms with Crippen molar-refractivity contribution in [1.82, 2.24) is 4.98 Å². The van der Waals surface area contributed by atoms with E-state index in [1.54, 1.807) is 18.3 Å². The van der Waals surface area contributed by atoms with Crippen LogP contribution in [0.4, 0.5) is 5.69 Å². The van der Waals surface area contributed by atoms with Crippen molar-refractivity contribution in [3.8, 4) is 0 Å². The number of halogens is 1. The Morgan fingerprint density at radius 3 is 3.06 bits per heavy atom. The Hall–Kier alpha value is -0.940. The first kappa shape index (κ1) is 11.5. The van der Waals surface area contributed by atoms with Gasteiger partial charge in [-0.05, 0) is 47.8 Å². The van der Waals surface area contributed by atoms with E-state index in [4.69, 9.17) is 4.74 Å². The Morgan fingerprint density at radius 1 is 1.62 bits per heavy atom. The summed E-state index contributed by atoms with van der Waals surface area (Å²) in [5.41, 5.74) is 0.732.